The average Bonchev–Trinajstić information content (AvgIpc) is 3.39. The first-order chi connectivity index (χ1) is 14.8. The van der Waals surface area contributed by atoms with Crippen LogP contribution in [-0.2, 0) is 11.0 Å². The summed E-state index contributed by atoms with van der Waals surface area (Å²) in [4.78, 5) is 19.0. The molecule has 0 aliphatic carbocycles. The molecular formula is C21H19ClF3N5O. The fourth-order valence-electron chi connectivity index (χ4n) is 3.64. The minimum atomic E-state index is -4.52. The normalized spacial score (nSPS) is 17.1. The van der Waals surface area contributed by atoms with Crippen LogP contribution in [0.25, 0.3) is 11.4 Å². The lowest BCUT2D eigenvalue weighted by Crippen LogP contribution is -2.33. The van der Waals surface area contributed by atoms with E-state index in [1.807, 2.05) is 35.2 Å². The number of rotatable bonds is 5. The van der Waals surface area contributed by atoms with Gasteiger partial charge < -0.3 is 5.32 Å². The van der Waals surface area contributed by atoms with Crippen molar-refractivity contribution in [2.75, 3.05) is 18.4 Å². The van der Waals surface area contributed by atoms with Gasteiger partial charge in [-0.2, -0.15) is 18.3 Å². The van der Waals surface area contributed by atoms with Gasteiger partial charge in [0.25, 0.3) is 0 Å². The van der Waals surface area contributed by atoms with E-state index in [0.717, 1.165) is 36.6 Å². The maximum atomic E-state index is 12.9. The second-order valence-corrected chi connectivity index (χ2v) is 7.69. The van der Waals surface area contributed by atoms with Crippen molar-refractivity contribution in [2.45, 2.75) is 25.1 Å². The Labute approximate surface area is 181 Å². The van der Waals surface area contributed by atoms with E-state index in [0.29, 0.717) is 18.2 Å². The summed E-state index contributed by atoms with van der Waals surface area (Å²) in [6.45, 7) is 0.661. The van der Waals surface area contributed by atoms with E-state index >= 15 is 0 Å². The Morgan fingerprint density at radius 3 is 2.74 bits per heavy atom. The highest BCUT2D eigenvalue weighted by Gasteiger charge is 2.32. The zero-order valence-corrected chi connectivity index (χ0v) is 17.0. The number of alkyl halides is 3. The van der Waals surface area contributed by atoms with E-state index in [2.05, 4.69) is 20.5 Å². The van der Waals surface area contributed by atoms with E-state index < -0.39 is 17.6 Å². The monoisotopic (exact) mass is 449 g/mol. The second-order valence-electron chi connectivity index (χ2n) is 7.28. The highest BCUT2D eigenvalue weighted by Crippen LogP contribution is 2.34. The van der Waals surface area contributed by atoms with Crippen LogP contribution in [0.4, 0.5) is 18.9 Å². The molecule has 31 heavy (non-hydrogen) atoms. The summed E-state index contributed by atoms with van der Waals surface area (Å²) in [7, 11) is 0. The quantitative estimate of drug-likeness (QED) is 0.580. The van der Waals surface area contributed by atoms with Gasteiger partial charge >= 0.3 is 6.18 Å². The molecule has 1 amide bonds. The van der Waals surface area contributed by atoms with Crippen LogP contribution in [0.1, 0.15) is 30.3 Å². The molecule has 0 bridgehead atoms. The second kappa shape index (κ2) is 8.68. The summed E-state index contributed by atoms with van der Waals surface area (Å²) < 4.78 is 38.8. The third-order valence-corrected chi connectivity index (χ3v) is 5.46. The summed E-state index contributed by atoms with van der Waals surface area (Å²) in [5.41, 5.74) is -0.0592. The molecule has 4 rings (SSSR count). The fourth-order valence-corrected chi connectivity index (χ4v) is 3.80. The van der Waals surface area contributed by atoms with Gasteiger partial charge in [0.1, 0.15) is 5.82 Å². The smallest absolute Gasteiger partial charge is 0.324 e. The van der Waals surface area contributed by atoms with Crippen molar-refractivity contribution >= 4 is 23.2 Å². The van der Waals surface area contributed by atoms with Gasteiger partial charge in [-0.25, -0.2) is 4.98 Å². The fraction of sp³-hybridized carbons (Fsp3) is 0.286. The van der Waals surface area contributed by atoms with Gasteiger partial charge in [-0.3, -0.25) is 14.8 Å². The van der Waals surface area contributed by atoms with E-state index in [1.54, 1.807) is 0 Å². The minimum absolute atomic E-state index is 0.00138. The lowest BCUT2D eigenvalue weighted by atomic mass is 10.2. The molecule has 1 saturated heterocycles. The molecule has 162 valence electrons. The van der Waals surface area contributed by atoms with Crippen molar-refractivity contribution in [3.05, 3.63) is 64.9 Å². The Kier molecular flexibility index (Phi) is 5.97. The molecule has 2 heterocycles. The number of nitrogens with one attached hydrogen (secondary N) is 2. The Bertz CT molecular complexity index is 1070. The van der Waals surface area contributed by atoms with Gasteiger partial charge in [-0.05, 0) is 37.6 Å². The van der Waals surface area contributed by atoms with Crippen LogP contribution in [0, 0.1) is 0 Å². The van der Waals surface area contributed by atoms with Gasteiger partial charge in [0.2, 0.25) is 5.91 Å². The van der Waals surface area contributed by atoms with E-state index in [-0.39, 0.29) is 23.3 Å². The summed E-state index contributed by atoms with van der Waals surface area (Å²) in [6, 6.07) is 12.2. The van der Waals surface area contributed by atoms with E-state index in [4.69, 9.17) is 11.6 Å². The van der Waals surface area contributed by atoms with Crippen molar-refractivity contribution in [1.29, 1.82) is 0 Å². The van der Waals surface area contributed by atoms with Crippen molar-refractivity contribution in [3.63, 3.8) is 0 Å². The number of nitrogens with zero attached hydrogens (tertiary/aromatic N) is 3. The Morgan fingerprint density at radius 1 is 1.23 bits per heavy atom. The summed E-state index contributed by atoms with van der Waals surface area (Å²) in [5.74, 6) is 0.778. The summed E-state index contributed by atoms with van der Waals surface area (Å²) in [5, 5.41) is 9.76. The highest BCUT2D eigenvalue weighted by atomic mass is 35.5. The molecule has 1 aliphatic rings. The number of carbonyl (C=O) groups excluding carboxylic acids is 1. The van der Waals surface area contributed by atoms with Crippen LogP contribution in [0.5, 0.6) is 0 Å². The average molecular weight is 450 g/mol. The number of carbonyl (C=O) groups is 1. The molecule has 0 radical (unpaired) electrons. The molecule has 1 aromatic heterocycles. The molecule has 6 nitrogen and oxygen atoms in total. The molecule has 3 aromatic rings. The third-order valence-electron chi connectivity index (χ3n) is 5.13. The number of aromatic amines is 1. The maximum Gasteiger partial charge on any atom is 0.416 e. The molecule has 1 aliphatic heterocycles. The molecule has 1 atom stereocenters. The number of halogens is 4. The van der Waals surface area contributed by atoms with E-state index in [9.17, 15) is 18.0 Å². The van der Waals surface area contributed by atoms with Crippen molar-refractivity contribution < 1.29 is 18.0 Å². The topological polar surface area (TPSA) is 73.9 Å². The van der Waals surface area contributed by atoms with Gasteiger partial charge in [0, 0.05) is 5.56 Å². The lowest BCUT2D eigenvalue weighted by Gasteiger charge is -2.22. The van der Waals surface area contributed by atoms with Crippen LogP contribution >= 0.6 is 11.6 Å². The van der Waals surface area contributed by atoms with E-state index in [1.165, 1.54) is 0 Å². The summed E-state index contributed by atoms with van der Waals surface area (Å²) >= 11 is 5.97. The minimum Gasteiger partial charge on any atom is -0.324 e. The molecule has 2 aromatic carbocycles. The van der Waals surface area contributed by atoms with Gasteiger partial charge in [-0.1, -0.05) is 41.9 Å². The van der Waals surface area contributed by atoms with Crippen molar-refractivity contribution in [1.82, 2.24) is 20.1 Å². The summed E-state index contributed by atoms with van der Waals surface area (Å²) in [6.07, 6.45) is -2.86. The highest BCUT2D eigenvalue weighted by molar-refractivity contribution is 6.33. The molecule has 0 spiro atoms. The van der Waals surface area contributed by atoms with Gasteiger partial charge in [0.05, 0.1) is 28.9 Å². The molecule has 10 heteroatoms. The number of hydrogen-bond donors (Lipinski definition) is 2. The maximum absolute atomic E-state index is 12.9. The van der Waals surface area contributed by atoms with Crippen molar-refractivity contribution in [3.8, 4) is 11.4 Å². The largest absolute Gasteiger partial charge is 0.416 e. The molecule has 2 N–H and O–H groups in total. The number of hydrogen-bond acceptors (Lipinski definition) is 4. The van der Waals surface area contributed by atoms with Gasteiger partial charge in [-0.15, -0.1) is 0 Å². The molecule has 1 fully saturated rings. The number of amides is 1. The first kappa shape index (κ1) is 21.3. The number of anilines is 1. The molecule has 0 saturated carbocycles. The standard InChI is InChI=1S/C21H19ClF3N5O/c22-15-9-8-14(21(23,24)25)11-16(15)26-18(31)12-30-10-4-7-17(30)20-27-19(28-29-20)13-5-2-1-3-6-13/h1-3,5-6,8-9,11,17H,4,7,10,12H2,(H,26,31)(H,27,28,29)/t17-/m1/s1. The number of H-pyrrole nitrogens is 1. The van der Waals surface area contributed by atoms with Crippen molar-refractivity contribution in [2.24, 2.45) is 0 Å². The van der Waals surface area contributed by atoms with Gasteiger partial charge in [0.15, 0.2) is 5.82 Å². The van der Waals surface area contributed by atoms with Crippen LogP contribution in [0.2, 0.25) is 5.02 Å². The first-order valence-corrected chi connectivity index (χ1v) is 10.1. The molecule has 0 unspecified atom stereocenters. The zero-order chi connectivity index (χ0) is 22.0. The number of benzene rings is 2. The Balaban J connectivity index is 1.45. The van der Waals surface area contributed by atoms with Crippen LogP contribution < -0.4 is 5.32 Å². The lowest BCUT2D eigenvalue weighted by molar-refractivity contribution is -0.137. The van der Waals surface area contributed by atoms with Crippen LogP contribution in [-0.4, -0.2) is 39.1 Å². The SMILES string of the molecule is O=C(CN1CCC[C@@H]1c1nc(-c2ccccc2)n[nH]1)Nc1cc(C(F)(F)F)ccc1Cl. The Hall–Kier alpha value is -2.91. The predicted octanol–water partition coefficient (Wildman–Crippen LogP) is 4.92. The number of aromatic nitrogens is 3. The Morgan fingerprint density at radius 2 is 2.00 bits per heavy atom. The van der Waals surface area contributed by atoms with Crippen LogP contribution in [0.3, 0.4) is 0 Å². The zero-order valence-electron chi connectivity index (χ0n) is 16.3. The predicted molar refractivity (Wildman–Crippen MR) is 110 cm³/mol. The first-order valence-electron chi connectivity index (χ1n) is 9.69. The van der Waals surface area contributed by atoms with Crippen LogP contribution in [0.15, 0.2) is 48.5 Å². The third kappa shape index (κ3) is 4.88. The number of likely N-dealkylation sites (tertiary alicyclic amines) is 1. The molecular weight excluding hydrogens is 431 g/mol.